The number of nitrogens with one attached hydrogen (secondary N) is 1. The van der Waals surface area contributed by atoms with Crippen molar-refractivity contribution >= 4 is 40.1 Å². The highest BCUT2D eigenvalue weighted by Gasteiger charge is 2.06. The molecule has 1 aromatic rings. The number of carbonyl (C=O) groups is 1. The molecule has 0 radical (unpaired) electrons. The fourth-order valence-electron chi connectivity index (χ4n) is 0.834. The molecular formula is C9H9ClINO2. The summed E-state index contributed by atoms with van der Waals surface area (Å²) in [6.07, 6.45) is 0. The van der Waals surface area contributed by atoms with Gasteiger partial charge in [0.15, 0.2) is 0 Å². The summed E-state index contributed by atoms with van der Waals surface area (Å²) in [5.41, 5.74) is 2.78. The first-order chi connectivity index (χ1) is 6.65. The van der Waals surface area contributed by atoms with Crippen molar-refractivity contribution in [2.45, 2.75) is 6.92 Å². The Morgan fingerprint density at radius 3 is 2.93 bits per heavy atom. The van der Waals surface area contributed by atoms with Crippen molar-refractivity contribution in [3.63, 3.8) is 0 Å². The third-order valence-corrected chi connectivity index (χ3v) is 3.06. The Balaban J connectivity index is 2.76. The molecule has 0 aromatic heterocycles. The van der Waals surface area contributed by atoms with Gasteiger partial charge in [0, 0.05) is 9.13 Å². The number of hydrogen-bond donors (Lipinski definition) is 1. The van der Waals surface area contributed by atoms with Crippen molar-refractivity contribution in [3.05, 3.63) is 32.4 Å². The van der Waals surface area contributed by atoms with E-state index in [-0.39, 0.29) is 5.91 Å². The van der Waals surface area contributed by atoms with Gasteiger partial charge in [-0.2, -0.15) is 0 Å². The Bertz CT molecular complexity index is 344. The molecule has 76 valence electrons. The Hall–Kier alpha value is -0.330. The molecule has 0 atom stereocenters. The van der Waals surface area contributed by atoms with Crippen LogP contribution in [-0.4, -0.2) is 12.5 Å². The van der Waals surface area contributed by atoms with Gasteiger partial charge < -0.3 is 0 Å². The van der Waals surface area contributed by atoms with Gasteiger partial charge in [-0.05, 0) is 47.7 Å². The number of hydrogen-bond acceptors (Lipinski definition) is 2. The largest absolute Gasteiger partial charge is 0.274 e. The lowest BCUT2D eigenvalue weighted by molar-refractivity contribution is 0.0364. The molecule has 0 saturated carbocycles. The van der Waals surface area contributed by atoms with Gasteiger partial charge in [0.1, 0.15) is 0 Å². The van der Waals surface area contributed by atoms with Gasteiger partial charge in [0.2, 0.25) is 0 Å². The van der Waals surface area contributed by atoms with E-state index in [0.717, 1.165) is 3.57 Å². The highest BCUT2D eigenvalue weighted by Crippen LogP contribution is 2.19. The Morgan fingerprint density at radius 2 is 2.36 bits per heavy atom. The first kappa shape index (κ1) is 11.7. The first-order valence-electron chi connectivity index (χ1n) is 4.02. The SMILES string of the molecule is CCONC(=O)c1ccc(I)c(Cl)c1. The molecule has 3 nitrogen and oxygen atoms in total. The summed E-state index contributed by atoms with van der Waals surface area (Å²) in [5.74, 6) is -0.287. The molecule has 0 aliphatic rings. The minimum Gasteiger partial charge on any atom is -0.274 e. The van der Waals surface area contributed by atoms with E-state index in [1.54, 1.807) is 25.1 Å². The van der Waals surface area contributed by atoms with E-state index in [1.807, 2.05) is 0 Å². The van der Waals surface area contributed by atoms with Crippen LogP contribution in [0.2, 0.25) is 5.02 Å². The van der Waals surface area contributed by atoms with Crippen molar-refractivity contribution in [2.75, 3.05) is 6.61 Å². The van der Waals surface area contributed by atoms with Crippen LogP contribution in [0.15, 0.2) is 18.2 Å². The zero-order chi connectivity index (χ0) is 10.6. The normalized spacial score (nSPS) is 9.93. The van der Waals surface area contributed by atoms with Crippen LogP contribution in [0.1, 0.15) is 17.3 Å². The number of benzene rings is 1. The van der Waals surface area contributed by atoms with E-state index in [4.69, 9.17) is 16.4 Å². The molecule has 1 N–H and O–H groups in total. The van der Waals surface area contributed by atoms with E-state index in [1.165, 1.54) is 0 Å². The van der Waals surface area contributed by atoms with Gasteiger partial charge >= 0.3 is 0 Å². The Labute approximate surface area is 101 Å². The van der Waals surface area contributed by atoms with Gasteiger partial charge in [-0.1, -0.05) is 11.6 Å². The maximum atomic E-state index is 11.4. The summed E-state index contributed by atoms with van der Waals surface area (Å²) in [7, 11) is 0. The van der Waals surface area contributed by atoms with Crippen LogP contribution >= 0.6 is 34.2 Å². The summed E-state index contributed by atoms with van der Waals surface area (Å²) >= 11 is 7.96. The van der Waals surface area contributed by atoms with Gasteiger partial charge in [0.05, 0.1) is 11.6 Å². The van der Waals surface area contributed by atoms with Crippen LogP contribution in [0, 0.1) is 3.57 Å². The minimum absolute atomic E-state index is 0.287. The highest BCUT2D eigenvalue weighted by molar-refractivity contribution is 14.1. The molecule has 0 aliphatic heterocycles. The number of halogens is 2. The molecule has 0 spiro atoms. The molecule has 0 heterocycles. The molecule has 1 rings (SSSR count). The van der Waals surface area contributed by atoms with E-state index < -0.39 is 0 Å². The standard InChI is InChI=1S/C9H9ClINO2/c1-2-14-12-9(13)6-3-4-8(11)7(10)5-6/h3-5H,2H2,1H3,(H,12,13). The zero-order valence-electron chi connectivity index (χ0n) is 7.51. The molecular weight excluding hydrogens is 316 g/mol. The summed E-state index contributed by atoms with van der Waals surface area (Å²) in [5, 5.41) is 0.565. The van der Waals surface area contributed by atoms with Crippen molar-refractivity contribution in [2.24, 2.45) is 0 Å². The molecule has 0 bridgehead atoms. The molecule has 14 heavy (non-hydrogen) atoms. The topological polar surface area (TPSA) is 38.3 Å². The van der Waals surface area contributed by atoms with E-state index in [9.17, 15) is 4.79 Å². The lowest BCUT2D eigenvalue weighted by Gasteiger charge is -2.04. The van der Waals surface area contributed by atoms with E-state index in [2.05, 4.69) is 28.1 Å². The van der Waals surface area contributed by atoms with Gasteiger partial charge in [0.25, 0.3) is 5.91 Å². The van der Waals surface area contributed by atoms with Crippen molar-refractivity contribution in [1.29, 1.82) is 0 Å². The first-order valence-corrected chi connectivity index (χ1v) is 5.48. The smallest absolute Gasteiger partial charge is 0.274 e. The Morgan fingerprint density at radius 1 is 1.64 bits per heavy atom. The second-order valence-electron chi connectivity index (χ2n) is 2.49. The molecule has 1 aromatic carbocycles. The average molecular weight is 326 g/mol. The Kier molecular flexibility index (Phi) is 4.64. The van der Waals surface area contributed by atoms with Crippen LogP contribution in [0.25, 0.3) is 0 Å². The van der Waals surface area contributed by atoms with Crippen LogP contribution < -0.4 is 5.48 Å². The summed E-state index contributed by atoms with van der Waals surface area (Å²) in [6.45, 7) is 2.23. The predicted octanol–water partition coefficient (Wildman–Crippen LogP) is 2.63. The van der Waals surface area contributed by atoms with Crippen molar-refractivity contribution in [3.8, 4) is 0 Å². The van der Waals surface area contributed by atoms with E-state index >= 15 is 0 Å². The third kappa shape index (κ3) is 3.11. The summed E-state index contributed by atoms with van der Waals surface area (Å²) in [4.78, 5) is 16.1. The van der Waals surface area contributed by atoms with Crippen LogP contribution in [0.4, 0.5) is 0 Å². The van der Waals surface area contributed by atoms with Gasteiger partial charge in [-0.25, -0.2) is 5.48 Å². The van der Waals surface area contributed by atoms with Crippen molar-refractivity contribution < 1.29 is 9.63 Å². The molecule has 0 fully saturated rings. The summed E-state index contributed by atoms with van der Waals surface area (Å²) < 4.78 is 0.914. The second kappa shape index (κ2) is 5.53. The van der Waals surface area contributed by atoms with Crippen LogP contribution in [-0.2, 0) is 4.84 Å². The van der Waals surface area contributed by atoms with Crippen LogP contribution in [0.3, 0.4) is 0 Å². The fraction of sp³-hybridized carbons (Fsp3) is 0.222. The minimum atomic E-state index is -0.287. The maximum absolute atomic E-state index is 11.4. The second-order valence-corrected chi connectivity index (χ2v) is 4.06. The van der Waals surface area contributed by atoms with Crippen molar-refractivity contribution in [1.82, 2.24) is 5.48 Å². The number of amides is 1. The van der Waals surface area contributed by atoms with Crippen LogP contribution in [0.5, 0.6) is 0 Å². The third-order valence-electron chi connectivity index (χ3n) is 1.49. The van der Waals surface area contributed by atoms with E-state index in [0.29, 0.717) is 17.2 Å². The quantitative estimate of drug-likeness (QED) is 0.685. The average Bonchev–Trinajstić information content (AvgIpc) is 2.18. The molecule has 0 saturated heterocycles. The lowest BCUT2D eigenvalue weighted by Crippen LogP contribution is -2.23. The highest BCUT2D eigenvalue weighted by atomic mass is 127. The molecule has 5 heteroatoms. The lowest BCUT2D eigenvalue weighted by atomic mass is 10.2. The molecule has 1 amide bonds. The van der Waals surface area contributed by atoms with Gasteiger partial charge in [-0.15, -0.1) is 0 Å². The number of carbonyl (C=O) groups excluding carboxylic acids is 1. The number of rotatable bonds is 3. The molecule has 0 aliphatic carbocycles. The monoisotopic (exact) mass is 325 g/mol. The van der Waals surface area contributed by atoms with Gasteiger partial charge in [-0.3, -0.25) is 9.63 Å². The zero-order valence-corrected chi connectivity index (χ0v) is 10.4. The fourth-order valence-corrected chi connectivity index (χ4v) is 1.35. The predicted molar refractivity (Wildman–Crippen MR) is 63.3 cm³/mol. The number of hydroxylamine groups is 1. The summed E-state index contributed by atoms with van der Waals surface area (Å²) in [6, 6.07) is 5.09. The molecule has 0 unspecified atom stereocenters. The maximum Gasteiger partial charge on any atom is 0.274 e.